The quantitative estimate of drug-likeness (QED) is 0.420. The Morgan fingerprint density at radius 3 is 2.52 bits per heavy atom. The zero-order valence-electron chi connectivity index (χ0n) is 19.3. The molecule has 0 fully saturated rings. The van der Waals surface area contributed by atoms with Crippen LogP contribution in [0.4, 0.5) is 5.13 Å². The number of anilines is 1. The zero-order chi connectivity index (χ0) is 24.0. The summed E-state index contributed by atoms with van der Waals surface area (Å²) in [6, 6.07) is 7.07. The van der Waals surface area contributed by atoms with Crippen molar-refractivity contribution in [3.63, 3.8) is 0 Å². The van der Waals surface area contributed by atoms with Crippen molar-refractivity contribution in [2.75, 3.05) is 18.2 Å². The molecule has 11 heteroatoms. The molecule has 2 aromatic heterocycles. The lowest BCUT2D eigenvalue weighted by molar-refractivity contribution is -0.121. The number of carbonyl (C=O) groups is 2. The number of nitrogens with one attached hydrogen (secondary N) is 2. The van der Waals surface area contributed by atoms with Crippen molar-refractivity contribution >= 4 is 40.0 Å². The molecule has 0 aliphatic heterocycles. The number of ether oxygens (including phenoxy) is 1. The van der Waals surface area contributed by atoms with Gasteiger partial charge in [0, 0.05) is 11.4 Å². The second-order valence-electron chi connectivity index (χ2n) is 7.40. The van der Waals surface area contributed by atoms with Gasteiger partial charge in [-0.1, -0.05) is 23.9 Å². The third kappa shape index (κ3) is 6.55. The number of carbonyl (C=O) groups excluding carboxylic acids is 2. The van der Waals surface area contributed by atoms with Crippen molar-refractivity contribution in [1.82, 2.24) is 25.1 Å². The summed E-state index contributed by atoms with van der Waals surface area (Å²) in [5.74, 6) is 1.32. The van der Waals surface area contributed by atoms with E-state index >= 15 is 0 Å². The lowest BCUT2D eigenvalue weighted by Crippen LogP contribution is -2.30. The monoisotopic (exact) mass is 488 g/mol. The molecule has 0 unspecified atom stereocenters. The number of hydrogen-bond acceptors (Lipinski definition) is 8. The number of amides is 2. The van der Waals surface area contributed by atoms with E-state index in [1.54, 1.807) is 7.11 Å². The average molecular weight is 489 g/mol. The molecule has 3 aromatic rings. The fourth-order valence-electron chi connectivity index (χ4n) is 3.12. The molecule has 1 aromatic carbocycles. The molecule has 9 nitrogen and oxygen atoms in total. The lowest BCUT2D eigenvalue weighted by Gasteiger charge is -2.15. The van der Waals surface area contributed by atoms with E-state index in [-0.39, 0.29) is 30.0 Å². The molecule has 0 bridgehead atoms. The molecule has 2 N–H and O–H groups in total. The van der Waals surface area contributed by atoms with Crippen LogP contribution in [0.5, 0.6) is 5.75 Å². The van der Waals surface area contributed by atoms with Gasteiger partial charge in [-0.25, -0.2) is 4.98 Å². The molecular weight excluding hydrogens is 460 g/mol. The van der Waals surface area contributed by atoms with Crippen molar-refractivity contribution < 1.29 is 14.3 Å². The highest BCUT2D eigenvalue weighted by molar-refractivity contribution is 7.99. The highest BCUT2D eigenvalue weighted by Gasteiger charge is 2.20. The molecule has 33 heavy (non-hydrogen) atoms. The van der Waals surface area contributed by atoms with Gasteiger partial charge < -0.3 is 19.9 Å². The number of aryl methyl sites for hydroxylation is 2. The minimum absolute atomic E-state index is 0.110. The second-order valence-corrected chi connectivity index (χ2v) is 9.54. The zero-order valence-corrected chi connectivity index (χ0v) is 21.0. The SMILES string of the molecule is CCn1c(SCC(=O)Nc2nc(C)c(C)s2)nnc1[C@H](C)NC(=O)Cc1ccc(OC)cc1. The van der Waals surface area contributed by atoms with Crippen LogP contribution in [0.15, 0.2) is 29.4 Å². The van der Waals surface area contributed by atoms with Crippen LogP contribution in [0.2, 0.25) is 0 Å². The van der Waals surface area contributed by atoms with E-state index in [0.29, 0.717) is 22.7 Å². The topological polar surface area (TPSA) is 111 Å². The first-order valence-electron chi connectivity index (χ1n) is 10.5. The summed E-state index contributed by atoms with van der Waals surface area (Å²) in [5, 5.41) is 15.5. The molecular formula is C22H28N6O3S2. The predicted octanol–water partition coefficient (Wildman–Crippen LogP) is 3.53. The van der Waals surface area contributed by atoms with Gasteiger partial charge in [-0.15, -0.1) is 21.5 Å². The number of benzene rings is 1. The second kappa shape index (κ2) is 11.3. The van der Waals surface area contributed by atoms with Crippen LogP contribution in [-0.4, -0.2) is 44.4 Å². The van der Waals surface area contributed by atoms with Gasteiger partial charge in [-0.05, 0) is 45.4 Å². The maximum atomic E-state index is 12.5. The van der Waals surface area contributed by atoms with Gasteiger partial charge in [0.1, 0.15) is 5.75 Å². The molecule has 3 rings (SSSR count). The van der Waals surface area contributed by atoms with Crippen molar-refractivity contribution in [2.45, 2.75) is 51.9 Å². The number of nitrogens with zero attached hydrogens (tertiary/aromatic N) is 4. The normalized spacial score (nSPS) is 11.8. The largest absolute Gasteiger partial charge is 0.497 e. The van der Waals surface area contributed by atoms with E-state index in [0.717, 1.165) is 21.9 Å². The van der Waals surface area contributed by atoms with Crippen LogP contribution >= 0.6 is 23.1 Å². The Hall–Kier alpha value is -2.92. The first kappa shape index (κ1) is 24.7. The van der Waals surface area contributed by atoms with Gasteiger partial charge in [0.05, 0.1) is 31.0 Å². The van der Waals surface area contributed by atoms with E-state index in [4.69, 9.17) is 4.74 Å². The summed E-state index contributed by atoms with van der Waals surface area (Å²) in [5.41, 5.74) is 1.81. The van der Waals surface area contributed by atoms with Crippen LogP contribution in [0.3, 0.4) is 0 Å². The van der Waals surface area contributed by atoms with E-state index in [2.05, 4.69) is 25.8 Å². The number of aromatic nitrogens is 4. The van der Waals surface area contributed by atoms with Gasteiger partial charge in [-0.3, -0.25) is 9.59 Å². The Morgan fingerprint density at radius 2 is 1.91 bits per heavy atom. The standard InChI is InChI=1S/C22H28N6O3S2/c1-6-28-20(14(3)23-18(29)11-16-7-9-17(31-5)10-8-16)26-27-22(28)32-12-19(30)25-21-24-13(2)15(4)33-21/h7-10,14H,6,11-12H2,1-5H3,(H,23,29)(H,24,25,30)/t14-/m0/s1. The number of thiazole rings is 1. The van der Waals surface area contributed by atoms with Crippen LogP contribution < -0.4 is 15.4 Å². The Kier molecular flexibility index (Phi) is 8.45. The van der Waals surface area contributed by atoms with Crippen LogP contribution in [-0.2, 0) is 22.6 Å². The van der Waals surface area contributed by atoms with Gasteiger partial charge >= 0.3 is 0 Å². The highest BCUT2D eigenvalue weighted by atomic mass is 32.2. The number of thioether (sulfide) groups is 1. The fourth-order valence-corrected chi connectivity index (χ4v) is 4.76. The smallest absolute Gasteiger partial charge is 0.236 e. The summed E-state index contributed by atoms with van der Waals surface area (Å²) in [6.45, 7) is 8.36. The summed E-state index contributed by atoms with van der Waals surface area (Å²) < 4.78 is 7.06. The van der Waals surface area contributed by atoms with E-state index < -0.39 is 0 Å². The lowest BCUT2D eigenvalue weighted by atomic mass is 10.1. The molecule has 0 radical (unpaired) electrons. The Balaban J connectivity index is 1.56. The number of hydrogen-bond donors (Lipinski definition) is 2. The number of rotatable bonds is 10. The van der Waals surface area contributed by atoms with E-state index in [1.807, 2.05) is 56.5 Å². The summed E-state index contributed by atoms with van der Waals surface area (Å²) >= 11 is 2.76. The van der Waals surface area contributed by atoms with Crippen molar-refractivity contribution in [3.8, 4) is 5.75 Å². The molecule has 0 aliphatic carbocycles. The first-order chi connectivity index (χ1) is 15.8. The maximum absolute atomic E-state index is 12.5. The molecule has 2 amide bonds. The fraction of sp³-hybridized carbons (Fsp3) is 0.409. The molecule has 0 aliphatic rings. The number of methoxy groups -OCH3 is 1. The Bertz CT molecular complexity index is 1090. The molecule has 0 saturated heterocycles. The van der Waals surface area contributed by atoms with E-state index in [9.17, 15) is 9.59 Å². The minimum atomic E-state index is -0.326. The molecule has 0 spiro atoms. The molecule has 176 valence electrons. The predicted molar refractivity (Wildman–Crippen MR) is 130 cm³/mol. The molecule has 0 saturated carbocycles. The molecule has 2 heterocycles. The van der Waals surface area contributed by atoms with Crippen LogP contribution in [0.25, 0.3) is 0 Å². The van der Waals surface area contributed by atoms with Crippen molar-refractivity contribution in [3.05, 3.63) is 46.2 Å². The Labute approximate surface area is 201 Å². The summed E-state index contributed by atoms with van der Waals surface area (Å²) in [4.78, 5) is 30.2. The minimum Gasteiger partial charge on any atom is -0.497 e. The third-order valence-corrected chi connectivity index (χ3v) is 6.91. The van der Waals surface area contributed by atoms with Gasteiger partial charge in [-0.2, -0.15) is 0 Å². The highest BCUT2D eigenvalue weighted by Crippen LogP contribution is 2.23. The van der Waals surface area contributed by atoms with Gasteiger partial charge in [0.2, 0.25) is 11.8 Å². The first-order valence-corrected chi connectivity index (χ1v) is 12.3. The van der Waals surface area contributed by atoms with Crippen molar-refractivity contribution in [2.24, 2.45) is 0 Å². The Morgan fingerprint density at radius 1 is 1.18 bits per heavy atom. The van der Waals surface area contributed by atoms with Gasteiger partial charge in [0.15, 0.2) is 16.1 Å². The maximum Gasteiger partial charge on any atom is 0.236 e. The van der Waals surface area contributed by atoms with Gasteiger partial charge in [0.25, 0.3) is 0 Å². The summed E-state index contributed by atoms with van der Waals surface area (Å²) in [7, 11) is 1.61. The molecule has 1 atom stereocenters. The van der Waals surface area contributed by atoms with Crippen LogP contribution in [0.1, 0.15) is 41.8 Å². The third-order valence-electron chi connectivity index (χ3n) is 4.96. The van der Waals surface area contributed by atoms with E-state index in [1.165, 1.54) is 23.1 Å². The van der Waals surface area contributed by atoms with Crippen molar-refractivity contribution in [1.29, 1.82) is 0 Å². The van der Waals surface area contributed by atoms with Crippen LogP contribution in [0, 0.1) is 13.8 Å². The average Bonchev–Trinajstić information content (AvgIpc) is 3.34. The summed E-state index contributed by atoms with van der Waals surface area (Å²) in [6.07, 6.45) is 0.256.